The van der Waals surface area contributed by atoms with Crippen molar-refractivity contribution >= 4 is 0 Å². The van der Waals surface area contributed by atoms with Crippen molar-refractivity contribution < 1.29 is 4.92 Å². The average Bonchev–Trinajstić information content (AvgIpc) is 2.29. The van der Waals surface area contributed by atoms with E-state index in [0.717, 1.165) is 13.1 Å². The largest absolute Gasteiger partial charge is 0.313 e. The summed E-state index contributed by atoms with van der Waals surface area (Å²) in [7, 11) is 0. The van der Waals surface area contributed by atoms with Crippen molar-refractivity contribution in [1.82, 2.24) is 10.6 Å². The van der Waals surface area contributed by atoms with E-state index in [0.29, 0.717) is 12.6 Å². The summed E-state index contributed by atoms with van der Waals surface area (Å²) in [6.07, 6.45) is 6.59. The maximum absolute atomic E-state index is 10.7. The highest BCUT2D eigenvalue weighted by atomic mass is 16.6. The molecule has 5 nitrogen and oxygen atoms in total. The predicted molar refractivity (Wildman–Crippen MR) is 68.8 cm³/mol. The zero-order valence-electron chi connectivity index (χ0n) is 11.0. The standard InChI is InChI=1S/C12H25N3O2/c1-12(2,15(16)17)10-13-8-9-14-11-6-4-3-5-7-11/h11,13-14H,3-10H2,1-2H3. The smallest absolute Gasteiger partial charge is 0.229 e. The quantitative estimate of drug-likeness (QED) is 0.404. The van der Waals surface area contributed by atoms with E-state index >= 15 is 0 Å². The molecule has 1 saturated carbocycles. The molecular formula is C12H25N3O2. The SMILES string of the molecule is CC(C)(CNCCNC1CCCCC1)[N+](=O)[O-]. The van der Waals surface area contributed by atoms with Gasteiger partial charge in [0.2, 0.25) is 5.54 Å². The zero-order valence-corrected chi connectivity index (χ0v) is 11.0. The summed E-state index contributed by atoms with van der Waals surface area (Å²) in [4.78, 5) is 10.5. The van der Waals surface area contributed by atoms with E-state index in [1.54, 1.807) is 13.8 Å². The van der Waals surface area contributed by atoms with Crippen LogP contribution < -0.4 is 10.6 Å². The molecule has 0 bridgehead atoms. The molecule has 0 amide bonds. The van der Waals surface area contributed by atoms with Crippen molar-refractivity contribution in [2.75, 3.05) is 19.6 Å². The van der Waals surface area contributed by atoms with Crippen LogP contribution in [0, 0.1) is 10.1 Å². The fourth-order valence-electron chi connectivity index (χ4n) is 2.13. The second-order valence-electron chi connectivity index (χ2n) is 5.54. The summed E-state index contributed by atoms with van der Waals surface area (Å²) in [6.45, 7) is 5.42. The Balaban J connectivity index is 2.02. The van der Waals surface area contributed by atoms with Crippen molar-refractivity contribution in [2.24, 2.45) is 0 Å². The molecule has 0 atom stereocenters. The van der Waals surface area contributed by atoms with Crippen LogP contribution in [0.4, 0.5) is 0 Å². The molecule has 100 valence electrons. The van der Waals surface area contributed by atoms with Gasteiger partial charge in [0.05, 0.1) is 6.54 Å². The molecule has 2 N–H and O–H groups in total. The molecule has 17 heavy (non-hydrogen) atoms. The van der Waals surface area contributed by atoms with E-state index in [4.69, 9.17) is 0 Å². The van der Waals surface area contributed by atoms with Gasteiger partial charge in [0.25, 0.3) is 0 Å². The molecule has 0 spiro atoms. The normalized spacial score (nSPS) is 18.2. The molecule has 0 aromatic carbocycles. The molecule has 1 fully saturated rings. The summed E-state index contributed by atoms with van der Waals surface area (Å²) >= 11 is 0. The summed E-state index contributed by atoms with van der Waals surface area (Å²) in [5.41, 5.74) is -0.870. The maximum Gasteiger partial charge on any atom is 0.229 e. The monoisotopic (exact) mass is 243 g/mol. The fourth-order valence-corrected chi connectivity index (χ4v) is 2.13. The predicted octanol–water partition coefficient (Wildman–Crippen LogP) is 1.55. The summed E-state index contributed by atoms with van der Waals surface area (Å²) in [5, 5.41) is 17.3. The minimum absolute atomic E-state index is 0.228. The molecule has 1 aliphatic rings. The number of nitrogens with zero attached hydrogens (tertiary/aromatic N) is 1. The van der Waals surface area contributed by atoms with E-state index in [-0.39, 0.29) is 4.92 Å². The molecule has 1 aliphatic carbocycles. The van der Waals surface area contributed by atoms with Crippen molar-refractivity contribution in [2.45, 2.75) is 57.5 Å². The van der Waals surface area contributed by atoms with Gasteiger partial charge in [-0.2, -0.15) is 0 Å². The Bertz CT molecular complexity index is 238. The van der Waals surface area contributed by atoms with E-state index in [2.05, 4.69) is 10.6 Å². The third kappa shape index (κ3) is 5.46. The third-order valence-electron chi connectivity index (χ3n) is 3.39. The first-order valence-electron chi connectivity index (χ1n) is 6.61. The summed E-state index contributed by atoms with van der Waals surface area (Å²) < 4.78 is 0. The van der Waals surface area contributed by atoms with E-state index < -0.39 is 5.54 Å². The highest BCUT2D eigenvalue weighted by Crippen LogP contribution is 2.16. The van der Waals surface area contributed by atoms with Gasteiger partial charge >= 0.3 is 0 Å². The topological polar surface area (TPSA) is 67.2 Å². The van der Waals surface area contributed by atoms with Crippen LogP contribution in [0.3, 0.4) is 0 Å². The molecule has 0 saturated heterocycles. The van der Waals surface area contributed by atoms with Crippen LogP contribution in [0.5, 0.6) is 0 Å². The first kappa shape index (κ1) is 14.4. The highest BCUT2D eigenvalue weighted by molar-refractivity contribution is 4.73. The minimum atomic E-state index is -0.870. The van der Waals surface area contributed by atoms with Crippen LogP contribution in [0.2, 0.25) is 0 Å². The molecule has 0 aliphatic heterocycles. The van der Waals surface area contributed by atoms with Gasteiger partial charge in [-0.05, 0) is 12.8 Å². The van der Waals surface area contributed by atoms with Gasteiger partial charge in [0.1, 0.15) is 0 Å². The van der Waals surface area contributed by atoms with Crippen LogP contribution in [-0.2, 0) is 0 Å². The molecule has 1 rings (SSSR count). The first-order valence-corrected chi connectivity index (χ1v) is 6.61. The second-order valence-corrected chi connectivity index (χ2v) is 5.54. The van der Waals surface area contributed by atoms with Crippen LogP contribution in [0.1, 0.15) is 46.0 Å². The number of rotatable bonds is 7. The molecule has 0 aromatic rings. The number of hydrogen-bond donors (Lipinski definition) is 2. The van der Waals surface area contributed by atoms with E-state index in [9.17, 15) is 10.1 Å². The minimum Gasteiger partial charge on any atom is -0.313 e. The Kier molecular flexibility index (Phi) is 5.85. The number of nitrogens with one attached hydrogen (secondary N) is 2. The molecule has 0 radical (unpaired) electrons. The van der Waals surface area contributed by atoms with Crippen molar-refractivity contribution in [3.8, 4) is 0 Å². The van der Waals surface area contributed by atoms with Crippen molar-refractivity contribution in [1.29, 1.82) is 0 Å². The summed E-state index contributed by atoms with van der Waals surface area (Å²) in [6, 6.07) is 0.661. The van der Waals surface area contributed by atoms with Gasteiger partial charge in [-0.3, -0.25) is 10.1 Å². The van der Waals surface area contributed by atoms with E-state index in [1.165, 1.54) is 32.1 Å². The maximum atomic E-state index is 10.7. The van der Waals surface area contributed by atoms with Crippen LogP contribution in [0.25, 0.3) is 0 Å². The Labute approximate surface area is 104 Å². The lowest BCUT2D eigenvalue weighted by Gasteiger charge is -2.23. The van der Waals surface area contributed by atoms with Crippen molar-refractivity contribution in [3.63, 3.8) is 0 Å². The lowest BCUT2D eigenvalue weighted by Crippen LogP contribution is -2.44. The van der Waals surface area contributed by atoms with Gasteiger partial charge in [-0.15, -0.1) is 0 Å². The van der Waals surface area contributed by atoms with Gasteiger partial charge in [0, 0.05) is 37.9 Å². The molecule has 0 aromatic heterocycles. The Hall–Kier alpha value is -0.680. The van der Waals surface area contributed by atoms with Crippen LogP contribution in [0.15, 0.2) is 0 Å². The zero-order chi connectivity index (χ0) is 12.7. The lowest BCUT2D eigenvalue weighted by atomic mass is 9.95. The van der Waals surface area contributed by atoms with Crippen LogP contribution in [-0.4, -0.2) is 36.1 Å². The second kappa shape index (κ2) is 6.91. The Morgan fingerprint density at radius 2 is 1.88 bits per heavy atom. The lowest BCUT2D eigenvalue weighted by molar-refractivity contribution is -0.558. The van der Waals surface area contributed by atoms with Gasteiger partial charge in [-0.1, -0.05) is 19.3 Å². The van der Waals surface area contributed by atoms with Gasteiger partial charge < -0.3 is 10.6 Å². The third-order valence-corrected chi connectivity index (χ3v) is 3.39. The molecule has 0 heterocycles. The molecule has 5 heteroatoms. The highest BCUT2D eigenvalue weighted by Gasteiger charge is 2.29. The Morgan fingerprint density at radius 1 is 1.24 bits per heavy atom. The van der Waals surface area contributed by atoms with Gasteiger partial charge in [0.15, 0.2) is 0 Å². The first-order chi connectivity index (χ1) is 8.02. The molecule has 0 unspecified atom stereocenters. The molecular weight excluding hydrogens is 218 g/mol. The summed E-state index contributed by atoms with van der Waals surface area (Å²) in [5.74, 6) is 0. The van der Waals surface area contributed by atoms with E-state index in [1.807, 2.05) is 0 Å². The fraction of sp³-hybridized carbons (Fsp3) is 1.00. The van der Waals surface area contributed by atoms with Crippen LogP contribution >= 0.6 is 0 Å². The number of hydrogen-bond acceptors (Lipinski definition) is 4. The number of nitro groups is 1. The van der Waals surface area contributed by atoms with Gasteiger partial charge in [-0.25, -0.2) is 0 Å². The average molecular weight is 243 g/mol. The Morgan fingerprint density at radius 3 is 2.47 bits per heavy atom. The van der Waals surface area contributed by atoms with Crippen molar-refractivity contribution in [3.05, 3.63) is 10.1 Å².